The van der Waals surface area contributed by atoms with E-state index in [1.165, 1.54) is 0 Å². The molecule has 1 aromatic carbocycles. The molecule has 112 valence electrons. The van der Waals surface area contributed by atoms with Crippen molar-refractivity contribution in [3.8, 4) is 5.75 Å². The van der Waals surface area contributed by atoms with Crippen molar-refractivity contribution in [2.75, 3.05) is 40.3 Å². The summed E-state index contributed by atoms with van der Waals surface area (Å²) >= 11 is 0. The zero-order valence-corrected chi connectivity index (χ0v) is 12.7. The van der Waals surface area contributed by atoms with E-state index in [9.17, 15) is 4.79 Å². The zero-order chi connectivity index (χ0) is 15.0. The van der Waals surface area contributed by atoms with Gasteiger partial charge in [-0.2, -0.15) is 0 Å². The summed E-state index contributed by atoms with van der Waals surface area (Å²) in [4.78, 5) is 16.7. The number of methoxy groups -OCH3 is 1. The first-order valence-electron chi connectivity index (χ1n) is 7.15. The van der Waals surface area contributed by atoms with E-state index in [1.54, 1.807) is 7.11 Å². The molecule has 0 spiro atoms. The van der Waals surface area contributed by atoms with Gasteiger partial charge in [-0.05, 0) is 32.2 Å². The van der Waals surface area contributed by atoms with Crippen molar-refractivity contribution >= 4 is 16.9 Å². The number of ether oxygens (including phenoxy) is 1. The van der Waals surface area contributed by atoms with Crippen LogP contribution in [0, 0.1) is 6.92 Å². The van der Waals surface area contributed by atoms with E-state index in [0.29, 0.717) is 5.76 Å². The van der Waals surface area contributed by atoms with Gasteiger partial charge in [0.25, 0.3) is 5.91 Å². The molecular weight excluding hydrogens is 268 g/mol. The Kier molecular flexibility index (Phi) is 3.59. The molecule has 3 rings (SSSR count). The summed E-state index contributed by atoms with van der Waals surface area (Å²) in [5.74, 6) is 1.20. The smallest absolute Gasteiger partial charge is 0.289 e. The average molecular weight is 288 g/mol. The molecule has 0 aliphatic carbocycles. The van der Waals surface area contributed by atoms with E-state index >= 15 is 0 Å². The first kappa shape index (κ1) is 13.9. The normalized spacial score (nSPS) is 16.4. The highest BCUT2D eigenvalue weighted by molar-refractivity contribution is 5.99. The Bertz CT molecular complexity index is 669. The summed E-state index contributed by atoms with van der Waals surface area (Å²) in [5, 5.41) is 0.937. The fourth-order valence-corrected chi connectivity index (χ4v) is 2.68. The standard InChI is InChI=1S/C16H20N2O3/c1-11-13-10-12(20-3)4-5-14(13)21-15(11)16(19)18-8-6-17(2)7-9-18/h4-5,10H,6-9H2,1-3H3. The van der Waals surface area contributed by atoms with Crippen LogP contribution in [0.3, 0.4) is 0 Å². The average Bonchev–Trinajstić information content (AvgIpc) is 2.84. The van der Waals surface area contributed by atoms with Crippen LogP contribution in [0.2, 0.25) is 0 Å². The molecule has 21 heavy (non-hydrogen) atoms. The van der Waals surface area contributed by atoms with Crippen molar-refractivity contribution in [1.29, 1.82) is 0 Å². The molecule has 0 saturated carbocycles. The number of amides is 1. The number of carbonyl (C=O) groups excluding carboxylic acids is 1. The number of aryl methyl sites for hydroxylation is 1. The molecule has 1 amide bonds. The highest BCUT2D eigenvalue weighted by Crippen LogP contribution is 2.29. The van der Waals surface area contributed by atoms with Gasteiger partial charge in [-0.15, -0.1) is 0 Å². The molecule has 1 aliphatic rings. The predicted molar refractivity (Wildman–Crippen MR) is 80.9 cm³/mol. The molecule has 5 nitrogen and oxygen atoms in total. The molecule has 0 radical (unpaired) electrons. The SMILES string of the molecule is COc1ccc2oc(C(=O)N3CCN(C)CC3)c(C)c2c1. The van der Waals surface area contributed by atoms with E-state index in [0.717, 1.165) is 48.5 Å². The second-order valence-electron chi connectivity index (χ2n) is 5.51. The molecular formula is C16H20N2O3. The maximum Gasteiger partial charge on any atom is 0.289 e. The van der Waals surface area contributed by atoms with Crippen LogP contribution in [0.25, 0.3) is 11.0 Å². The third-order valence-corrected chi connectivity index (χ3v) is 4.13. The molecule has 2 aromatic rings. The van der Waals surface area contributed by atoms with Gasteiger partial charge in [0, 0.05) is 37.1 Å². The highest BCUT2D eigenvalue weighted by Gasteiger charge is 2.25. The highest BCUT2D eigenvalue weighted by atomic mass is 16.5. The van der Waals surface area contributed by atoms with Crippen molar-refractivity contribution < 1.29 is 13.9 Å². The third kappa shape index (κ3) is 2.49. The Morgan fingerprint density at radius 1 is 1.24 bits per heavy atom. The topological polar surface area (TPSA) is 45.9 Å². The molecule has 0 bridgehead atoms. The minimum Gasteiger partial charge on any atom is -0.497 e. The molecule has 0 N–H and O–H groups in total. The van der Waals surface area contributed by atoms with Gasteiger partial charge in [0.1, 0.15) is 11.3 Å². The van der Waals surface area contributed by atoms with Crippen molar-refractivity contribution in [1.82, 2.24) is 9.80 Å². The minimum atomic E-state index is -0.0178. The number of carbonyl (C=O) groups is 1. The van der Waals surface area contributed by atoms with Gasteiger partial charge in [-0.25, -0.2) is 0 Å². The van der Waals surface area contributed by atoms with Crippen LogP contribution in [-0.2, 0) is 0 Å². The number of hydrogen-bond donors (Lipinski definition) is 0. The van der Waals surface area contributed by atoms with Crippen LogP contribution in [0.5, 0.6) is 5.75 Å². The number of nitrogens with zero attached hydrogens (tertiary/aromatic N) is 2. The largest absolute Gasteiger partial charge is 0.497 e. The number of piperazine rings is 1. The number of furan rings is 1. The zero-order valence-electron chi connectivity index (χ0n) is 12.7. The van der Waals surface area contributed by atoms with Crippen LogP contribution >= 0.6 is 0 Å². The Balaban J connectivity index is 1.93. The van der Waals surface area contributed by atoms with Gasteiger partial charge >= 0.3 is 0 Å². The Hall–Kier alpha value is -2.01. The third-order valence-electron chi connectivity index (χ3n) is 4.13. The monoisotopic (exact) mass is 288 g/mol. The van der Waals surface area contributed by atoms with E-state index < -0.39 is 0 Å². The van der Waals surface area contributed by atoms with Gasteiger partial charge in [-0.1, -0.05) is 0 Å². The van der Waals surface area contributed by atoms with Crippen LogP contribution < -0.4 is 4.74 Å². The summed E-state index contributed by atoms with van der Waals surface area (Å²) in [6.45, 7) is 5.22. The van der Waals surface area contributed by atoms with Gasteiger partial charge in [0.05, 0.1) is 7.11 Å². The maximum absolute atomic E-state index is 12.6. The quantitative estimate of drug-likeness (QED) is 0.849. The summed E-state index contributed by atoms with van der Waals surface area (Å²) in [7, 11) is 3.70. The summed E-state index contributed by atoms with van der Waals surface area (Å²) in [5.41, 5.74) is 1.61. The second kappa shape index (κ2) is 5.41. The lowest BCUT2D eigenvalue weighted by Crippen LogP contribution is -2.47. The fourth-order valence-electron chi connectivity index (χ4n) is 2.68. The van der Waals surface area contributed by atoms with E-state index in [1.807, 2.05) is 30.0 Å². The van der Waals surface area contributed by atoms with Crippen molar-refractivity contribution in [2.24, 2.45) is 0 Å². The number of fused-ring (bicyclic) bond motifs is 1. The Morgan fingerprint density at radius 2 is 1.95 bits per heavy atom. The first-order valence-corrected chi connectivity index (χ1v) is 7.15. The molecule has 1 aliphatic heterocycles. The number of likely N-dealkylation sites (N-methyl/N-ethyl adjacent to an activating group) is 1. The summed E-state index contributed by atoms with van der Waals surface area (Å²) in [6.07, 6.45) is 0. The molecule has 1 saturated heterocycles. The fraction of sp³-hybridized carbons (Fsp3) is 0.438. The lowest BCUT2D eigenvalue weighted by molar-refractivity contribution is 0.0634. The molecule has 2 heterocycles. The number of benzene rings is 1. The molecule has 0 unspecified atom stereocenters. The van der Waals surface area contributed by atoms with Crippen molar-refractivity contribution in [3.05, 3.63) is 29.5 Å². The summed E-state index contributed by atoms with van der Waals surface area (Å²) < 4.78 is 11.0. The lowest BCUT2D eigenvalue weighted by atomic mass is 10.1. The number of rotatable bonds is 2. The van der Waals surface area contributed by atoms with Gasteiger partial charge in [-0.3, -0.25) is 4.79 Å². The maximum atomic E-state index is 12.6. The molecule has 1 aromatic heterocycles. The Labute approximate surface area is 124 Å². The lowest BCUT2D eigenvalue weighted by Gasteiger charge is -2.31. The van der Waals surface area contributed by atoms with Crippen LogP contribution in [0.4, 0.5) is 0 Å². The minimum absolute atomic E-state index is 0.0178. The van der Waals surface area contributed by atoms with Crippen molar-refractivity contribution in [3.63, 3.8) is 0 Å². The van der Waals surface area contributed by atoms with Crippen LogP contribution in [0.15, 0.2) is 22.6 Å². The van der Waals surface area contributed by atoms with Crippen molar-refractivity contribution in [2.45, 2.75) is 6.92 Å². The van der Waals surface area contributed by atoms with Gasteiger partial charge in [0.2, 0.25) is 0 Å². The second-order valence-corrected chi connectivity index (χ2v) is 5.51. The first-order chi connectivity index (χ1) is 10.1. The predicted octanol–water partition coefficient (Wildman–Crippen LogP) is 2.14. The summed E-state index contributed by atoms with van der Waals surface area (Å²) in [6, 6.07) is 5.60. The Morgan fingerprint density at radius 3 is 2.62 bits per heavy atom. The van der Waals surface area contributed by atoms with Gasteiger partial charge < -0.3 is 19.0 Å². The van der Waals surface area contributed by atoms with Crippen LogP contribution in [0.1, 0.15) is 16.1 Å². The van der Waals surface area contributed by atoms with E-state index in [2.05, 4.69) is 11.9 Å². The van der Waals surface area contributed by atoms with E-state index in [-0.39, 0.29) is 5.91 Å². The molecule has 1 fully saturated rings. The van der Waals surface area contributed by atoms with Crippen LogP contribution in [-0.4, -0.2) is 56.0 Å². The van der Waals surface area contributed by atoms with Gasteiger partial charge in [0.15, 0.2) is 5.76 Å². The van der Waals surface area contributed by atoms with E-state index in [4.69, 9.17) is 9.15 Å². The molecule has 0 atom stereocenters. The molecule has 5 heteroatoms. The number of hydrogen-bond acceptors (Lipinski definition) is 4.